The van der Waals surface area contributed by atoms with Gasteiger partial charge in [0, 0.05) is 25.4 Å². The average Bonchev–Trinajstić information content (AvgIpc) is 2.86. The number of hydrogen-bond donors (Lipinski definition) is 1. The first-order chi connectivity index (χ1) is 9.65. The molecular formula is C16H22N2O2. The second-order valence-electron chi connectivity index (χ2n) is 5.91. The molecule has 2 heterocycles. The summed E-state index contributed by atoms with van der Waals surface area (Å²) in [6.07, 6.45) is 2.16. The van der Waals surface area contributed by atoms with Crippen molar-refractivity contribution in [1.29, 1.82) is 0 Å². The molecule has 0 radical (unpaired) electrons. The molecule has 1 N–H and O–H groups in total. The Hall–Kier alpha value is -1.55. The second kappa shape index (κ2) is 5.09. The summed E-state index contributed by atoms with van der Waals surface area (Å²) < 4.78 is 5.73. The van der Waals surface area contributed by atoms with Gasteiger partial charge >= 0.3 is 0 Å². The van der Waals surface area contributed by atoms with E-state index in [-0.39, 0.29) is 11.3 Å². The molecular weight excluding hydrogens is 252 g/mol. The van der Waals surface area contributed by atoms with E-state index in [1.165, 1.54) is 5.56 Å². The molecule has 4 nitrogen and oxygen atoms in total. The summed E-state index contributed by atoms with van der Waals surface area (Å²) in [4.78, 5) is 14.0. The van der Waals surface area contributed by atoms with Gasteiger partial charge in [0.15, 0.2) is 0 Å². The van der Waals surface area contributed by atoms with Crippen molar-refractivity contribution in [2.45, 2.75) is 26.7 Å². The van der Waals surface area contributed by atoms with E-state index in [2.05, 4.69) is 11.4 Å². The van der Waals surface area contributed by atoms with Gasteiger partial charge in [-0.15, -0.1) is 0 Å². The number of nitrogens with one attached hydrogen (secondary N) is 1. The van der Waals surface area contributed by atoms with Crippen molar-refractivity contribution in [3.8, 4) is 5.75 Å². The Balaban J connectivity index is 2.05. The van der Waals surface area contributed by atoms with E-state index in [9.17, 15) is 4.79 Å². The fraction of sp³-hybridized carbons (Fsp3) is 0.562. The van der Waals surface area contributed by atoms with E-state index >= 15 is 0 Å². The monoisotopic (exact) mass is 274 g/mol. The molecule has 2 aliphatic rings. The van der Waals surface area contributed by atoms with Crippen LogP contribution in [0.4, 0.5) is 5.69 Å². The lowest BCUT2D eigenvalue weighted by Gasteiger charge is -2.41. The lowest BCUT2D eigenvalue weighted by Crippen LogP contribution is -2.47. The highest BCUT2D eigenvalue weighted by Crippen LogP contribution is 2.44. The summed E-state index contributed by atoms with van der Waals surface area (Å²) in [6.45, 7) is 7.08. The van der Waals surface area contributed by atoms with Crippen molar-refractivity contribution in [3.05, 3.63) is 23.8 Å². The van der Waals surface area contributed by atoms with Gasteiger partial charge in [-0.3, -0.25) is 4.79 Å². The van der Waals surface area contributed by atoms with Crippen molar-refractivity contribution in [3.63, 3.8) is 0 Å². The van der Waals surface area contributed by atoms with Crippen molar-refractivity contribution in [1.82, 2.24) is 5.32 Å². The molecule has 1 aromatic carbocycles. The summed E-state index contributed by atoms with van der Waals surface area (Å²) >= 11 is 0. The fourth-order valence-corrected chi connectivity index (χ4v) is 3.51. The molecule has 1 fully saturated rings. The smallest absolute Gasteiger partial charge is 0.223 e. The van der Waals surface area contributed by atoms with Crippen LogP contribution in [0, 0.1) is 5.41 Å². The van der Waals surface area contributed by atoms with Crippen LogP contribution in [0.1, 0.15) is 25.8 Å². The minimum atomic E-state index is 0.101. The molecule has 0 saturated carbocycles. The van der Waals surface area contributed by atoms with Crippen LogP contribution < -0.4 is 15.0 Å². The SMILES string of the molecule is CCOc1cccc2c1N(C(C)=O)CC1(CCNC1)C2. The molecule has 1 saturated heterocycles. The summed E-state index contributed by atoms with van der Waals surface area (Å²) in [5.41, 5.74) is 2.42. The molecule has 0 aliphatic carbocycles. The van der Waals surface area contributed by atoms with E-state index in [1.807, 2.05) is 24.0 Å². The van der Waals surface area contributed by atoms with Gasteiger partial charge in [0.1, 0.15) is 5.75 Å². The molecule has 1 aromatic rings. The van der Waals surface area contributed by atoms with Crippen molar-refractivity contribution in [2.75, 3.05) is 31.1 Å². The lowest BCUT2D eigenvalue weighted by atomic mass is 9.76. The van der Waals surface area contributed by atoms with Gasteiger partial charge in [-0.1, -0.05) is 12.1 Å². The van der Waals surface area contributed by atoms with Gasteiger partial charge in [0.05, 0.1) is 12.3 Å². The Morgan fingerprint density at radius 2 is 2.35 bits per heavy atom. The van der Waals surface area contributed by atoms with Crippen molar-refractivity contribution in [2.24, 2.45) is 5.41 Å². The first-order valence-corrected chi connectivity index (χ1v) is 7.39. The number of fused-ring (bicyclic) bond motifs is 1. The van der Waals surface area contributed by atoms with Gasteiger partial charge in [-0.05, 0) is 37.9 Å². The second-order valence-corrected chi connectivity index (χ2v) is 5.91. The number of nitrogens with zero attached hydrogens (tertiary/aromatic N) is 1. The molecule has 20 heavy (non-hydrogen) atoms. The van der Waals surface area contributed by atoms with Crippen LogP contribution in [0.2, 0.25) is 0 Å². The number of rotatable bonds is 2. The molecule has 2 aliphatic heterocycles. The summed E-state index contributed by atoms with van der Waals surface area (Å²) in [5, 5.41) is 3.44. The van der Waals surface area contributed by atoms with Crippen LogP contribution in [-0.2, 0) is 11.2 Å². The van der Waals surface area contributed by atoms with Gasteiger partial charge in [-0.2, -0.15) is 0 Å². The number of amides is 1. The van der Waals surface area contributed by atoms with Gasteiger partial charge < -0.3 is 15.0 Å². The standard InChI is InChI=1S/C16H22N2O2/c1-3-20-14-6-4-5-13-9-16(7-8-17-10-16)11-18(12(2)19)15(13)14/h4-6,17H,3,7-11H2,1-2H3. The molecule has 3 rings (SSSR count). The van der Waals surface area contributed by atoms with Crippen LogP contribution in [-0.4, -0.2) is 32.1 Å². The Morgan fingerprint density at radius 1 is 1.50 bits per heavy atom. The number of ether oxygens (including phenoxy) is 1. The molecule has 0 aromatic heterocycles. The third-order valence-electron chi connectivity index (χ3n) is 4.42. The first-order valence-electron chi connectivity index (χ1n) is 7.39. The zero-order valence-corrected chi connectivity index (χ0v) is 12.2. The topological polar surface area (TPSA) is 41.6 Å². The van der Waals surface area contributed by atoms with E-state index < -0.39 is 0 Å². The van der Waals surface area contributed by atoms with Crippen LogP contribution >= 0.6 is 0 Å². The molecule has 1 unspecified atom stereocenters. The van der Waals surface area contributed by atoms with E-state index in [0.717, 1.165) is 43.9 Å². The molecule has 1 amide bonds. The quantitative estimate of drug-likeness (QED) is 0.896. The normalized spacial score (nSPS) is 24.8. The zero-order valence-electron chi connectivity index (χ0n) is 12.2. The van der Waals surface area contributed by atoms with Crippen LogP contribution in [0.15, 0.2) is 18.2 Å². The summed E-state index contributed by atoms with van der Waals surface area (Å²) in [7, 11) is 0. The van der Waals surface area contributed by atoms with E-state index in [1.54, 1.807) is 6.92 Å². The summed E-state index contributed by atoms with van der Waals surface area (Å²) in [5.74, 6) is 0.936. The van der Waals surface area contributed by atoms with Crippen molar-refractivity contribution >= 4 is 11.6 Å². The lowest BCUT2D eigenvalue weighted by molar-refractivity contribution is -0.117. The highest BCUT2D eigenvalue weighted by molar-refractivity contribution is 5.95. The highest BCUT2D eigenvalue weighted by atomic mass is 16.5. The van der Waals surface area contributed by atoms with Crippen LogP contribution in [0.5, 0.6) is 5.75 Å². The van der Waals surface area contributed by atoms with Gasteiger partial charge in [0.2, 0.25) is 5.91 Å². The van der Waals surface area contributed by atoms with Crippen LogP contribution in [0.3, 0.4) is 0 Å². The maximum atomic E-state index is 12.1. The first kappa shape index (κ1) is 13.4. The molecule has 0 bridgehead atoms. The minimum Gasteiger partial charge on any atom is -0.492 e. The molecule has 4 heteroatoms. The third-order valence-corrected chi connectivity index (χ3v) is 4.42. The van der Waals surface area contributed by atoms with E-state index in [4.69, 9.17) is 4.74 Å². The molecule has 1 spiro atoms. The number of benzene rings is 1. The fourth-order valence-electron chi connectivity index (χ4n) is 3.51. The highest BCUT2D eigenvalue weighted by Gasteiger charge is 2.42. The Labute approximate surface area is 120 Å². The average molecular weight is 274 g/mol. The van der Waals surface area contributed by atoms with Gasteiger partial charge in [-0.25, -0.2) is 0 Å². The number of hydrogen-bond acceptors (Lipinski definition) is 3. The maximum Gasteiger partial charge on any atom is 0.223 e. The Bertz CT molecular complexity index is 521. The third kappa shape index (κ3) is 2.18. The number of anilines is 1. The number of carbonyl (C=O) groups excluding carboxylic acids is 1. The Kier molecular flexibility index (Phi) is 3.42. The zero-order chi connectivity index (χ0) is 14.2. The Morgan fingerprint density at radius 3 is 3.00 bits per heavy atom. The van der Waals surface area contributed by atoms with Crippen molar-refractivity contribution < 1.29 is 9.53 Å². The number of carbonyl (C=O) groups is 1. The van der Waals surface area contributed by atoms with E-state index in [0.29, 0.717) is 6.61 Å². The summed E-state index contributed by atoms with van der Waals surface area (Å²) in [6, 6.07) is 6.12. The van der Waals surface area contributed by atoms with Crippen LogP contribution in [0.25, 0.3) is 0 Å². The maximum absolute atomic E-state index is 12.1. The number of para-hydroxylation sites is 1. The van der Waals surface area contributed by atoms with Gasteiger partial charge in [0.25, 0.3) is 0 Å². The molecule has 1 atom stereocenters. The predicted octanol–water partition coefficient (Wildman–Crippen LogP) is 1.97. The largest absolute Gasteiger partial charge is 0.492 e. The predicted molar refractivity (Wildman–Crippen MR) is 79.3 cm³/mol. The molecule has 108 valence electrons. The minimum absolute atomic E-state index is 0.101.